The number of allylic oxidation sites excluding steroid dienone is 2. The molecule has 0 aromatic rings. The summed E-state index contributed by atoms with van der Waals surface area (Å²) in [5.74, 6) is 9.04. The Labute approximate surface area is 206 Å². The third-order valence-corrected chi connectivity index (χ3v) is 18.6. The molecule has 3 nitrogen and oxygen atoms in total. The molecule has 0 aromatic heterocycles. The normalized spacial score (nSPS) is 32.6. The van der Waals surface area contributed by atoms with Crippen molar-refractivity contribution in [3.8, 4) is 11.8 Å². The van der Waals surface area contributed by atoms with E-state index in [0.717, 1.165) is 19.3 Å². The van der Waals surface area contributed by atoms with Gasteiger partial charge in [-0.15, -0.1) is 0 Å². The predicted octanol–water partition coefficient (Wildman–Crippen LogP) is 7.15. The van der Waals surface area contributed by atoms with Crippen molar-refractivity contribution in [2.24, 2.45) is 23.7 Å². The van der Waals surface area contributed by atoms with E-state index in [4.69, 9.17) is 8.85 Å². The van der Waals surface area contributed by atoms with Gasteiger partial charge in [-0.25, -0.2) is 0 Å². The van der Waals surface area contributed by atoms with Crippen LogP contribution in [0, 0.1) is 35.5 Å². The zero-order chi connectivity index (χ0) is 25.0. The molecular formula is C28H50O3Si2. The monoisotopic (exact) mass is 490 g/mol. The number of hydrogen-bond acceptors (Lipinski definition) is 3. The van der Waals surface area contributed by atoms with E-state index in [1.165, 1.54) is 6.42 Å². The first-order chi connectivity index (χ1) is 15.0. The Morgan fingerprint density at radius 3 is 2.06 bits per heavy atom. The molecule has 2 fully saturated rings. The molecule has 0 amide bonds. The summed E-state index contributed by atoms with van der Waals surface area (Å²) in [6.07, 6.45) is 6.76. The number of fused-ring (bicyclic) bond motifs is 1. The average molecular weight is 491 g/mol. The minimum absolute atomic E-state index is 0.149. The van der Waals surface area contributed by atoms with Gasteiger partial charge in [0.05, 0.1) is 6.10 Å². The van der Waals surface area contributed by atoms with Crippen LogP contribution in [0.3, 0.4) is 0 Å². The fraction of sp³-hybridized carbons (Fsp3) is 0.857. The Hall–Kier alpha value is -0.386. The minimum Gasteiger partial charge on any atom is -0.413 e. The zero-order valence-corrected chi connectivity index (χ0v) is 25.3. The first-order valence-corrected chi connectivity index (χ1v) is 19.0. The van der Waals surface area contributed by atoms with Gasteiger partial charge in [-0.05, 0) is 79.7 Å². The standard InChI is InChI=1S/C28H50O3Si2/c1-20-21(14-12-13-19-29)22-15-16-23(30-32(8,9)26(2,3)4)25(24(20)22)28(17-18-28)31-33(10,11)27(5,6)7/h14,20,22-25,29H,12-13,15-16,19H2,1-11H3/t20?,22-,23-,24+,25-/m0/s1. The van der Waals surface area contributed by atoms with E-state index in [0.29, 0.717) is 23.7 Å². The van der Waals surface area contributed by atoms with Gasteiger partial charge in [0.15, 0.2) is 22.2 Å². The molecule has 0 bridgehead atoms. The van der Waals surface area contributed by atoms with Crippen LogP contribution in [0.1, 0.15) is 74.1 Å². The molecule has 5 atom stereocenters. The van der Waals surface area contributed by atoms with Crippen molar-refractivity contribution in [1.82, 2.24) is 0 Å². The van der Waals surface area contributed by atoms with Gasteiger partial charge >= 0.3 is 0 Å². The molecule has 33 heavy (non-hydrogen) atoms. The molecule has 188 valence electrons. The van der Waals surface area contributed by atoms with Crippen LogP contribution < -0.4 is 0 Å². The Bertz CT molecular complexity index is 811. The van der Waals surface area contributed by atoms with E-state index >= 15 is 0 Å². The van der Waals surface area contributed by atoms with Gasteiger partial charge in [0.1, 0.15) is 0 Å². The Morgan fingerprint density at radius 1 is 1.00 bits per heavy atom. The Kier molecular flexibility index (Phi) is 7.36. The fourth-order valence-corrected chi connectivity index (χ4v) is 8.25. The molecule has 3 aliphatic carbocycles. The van der Waals surface area contributed by atoms with Gasteiger partial charge in [0, 0.05) is 12.5 Å². The van der Waals surface area contributed by atoms with Crippen LogP contribution in [0.25, 0.3) is 0 Å². The highest BCUT2D eigenvalue weighted by Crippen LogP contribution is 2.61. The van der Waals surface area contributed by atoms with E-state index in [9.17, 15) is 5.11 Å². The summed E-state index contributed by atoms with van der Waals surface area (Å²) >= 11 is 0. The Morgan fingerprint density at radius 2 is 1.58 bits per heavy atom. The van der Waals surface area contributed by atoms with Crippen molar-refractivity contribution in [2.75, 3.05) is 6.61 Å². The molecule has 0 aromatic carbocycles. The summed E-state index contributed by atoms with van der Waals surface area (Å²) in [7, 11) is -3.91. The van der Waals surface area contributed by atoms with E-state index in [-0.39, 0.29) is 22.8 Å². The molecule has 2 saturated carbocycles. The molecule has 0 spiro atoms. The summed E-state index contributed by atoms with van der Waals surface area (Å²) in [4.78, 5) is 0. The lowest BCUT2D eigenvalue weighted by molar-refractivity contribution is -0.0862. The van der Waals surface area contributed by atoms with E-state index < -0.39 is 22.2 Å². The summed E-state index contributed by atoms with van der Waals surface area (Å²) in [5.41, 5.74) is 1.14. The number of hydrogen-bond donors (Lipinski definition) is 1. The molecular weight excluding hydrogens is 440 g/mol. The number of unbranched alkanes of at least 4 members (excludes halogenated alkanes) is 1. The maximum Gasteiger partial charge on any atom is 0.195 e. The van der Waals surface area contributed by atoms with Gasteiger partial charge in [0.2, 0.25) is 0 Å². The highest BCUT2D eigenvalue weighted by atomic mass is 28.4. The van der Waals surface area contributed by atoms with E-state index in [2.05, 4.69) is 92.6 Å². The molecule has 0 heterocycles. The highest BCUT2D eigenvalue weighted by Gasteiger charge is 2.64. The Balaban J connectivity index is 1.92. The number of aliphatic hydroxyl groups excluding tert-OH is 1. The lowest BCUT2D eigenvalue weighted by atomic mass is 9.49. The van der Waals surface area contributed by atoms with Crippen molar-refractivity contribution in [3.05, 3.63) is 11.6 Å². The van der Waals surface area contributed by atoms with Crippen molar-refractivity contribution >= 4 is 16.6 Å². The molecule has 5 heteroatoms. The van der Waals surface area contributed by atoms with Crippen molar-refractivity contribution < 1.29 is 14.0 Å². The van der Waals surface area contributed by atoms with Crippen molar-refractivity contribution in [1.29, 1.82) is 0 Å². The zero-order valence-electron chi connectivity index (χ0n) is 23.3. The maximum absolute atomic E-state index is 9.24. The summed E-state index contributed by atoms with van der Waals surface area (Å²) in [5, 5.41) is 9.57. The molecule has 3 aliphatic rings. The largest absolute Gasteiger partial charge is 0.413 e. The molecule has 1 unspecified atom stereocenters. The predicted molar refractivity (Wildman–Crippen MR) is 144 cm³/mol. The molecule has 3 rings (SSSR count). The SMILES string of the molecule is CC1C(=CCCCO)[C@@H]2CC[C@H](O[Si](C)(C)C(C)(C)C)[C@H](C3(O[Si](C)(C)C(C)(C)C)C#C3)[C@H]12. The average Bonchev–Trinajstić information content (AvgIpc) is 3.42. The minimum atomic E-state index is -1.99. The second-order valence-corrected chi connectivity index (χ2v) is 23.4. The lowest BCUT2D eigenvalue weighted by Gasteiger charge is -2.59. The second kappa shape index (κ2) is 8.93. The van der Waals surface area contributed by atoms with Crippen LogP contribution in [-0.2, 0) is 8.85 Å². The summed E-state index contributed by atoms with van der Waals surface area (Å²) < 4.78 is 14.3. The smallest absolute Gasteiger partial charge is 0.195 e. The number of aliphatic hydroxyl groups is 1. The van der Waals surface area contributed by atoms with Crippen LogP contribution in [0.4, 0.5) is 0 Å². The lowest BCUT2D eigenvalue weighted by Crippen LogP contribution is -2.61. The molecule has 1 N–H and O–H groups in total. The summed E-state index contributed by atoms with van der Waals surface area (Å²) in [6, 6.07) is 0. The second-order valence-electron chi connectivity index (χ2n) is 13.9. The van der Waals surface area contributed by atoms with E-state index in [1.807, 2.05) is 0 Å². The third kappa shape index (κ3) is 5.12. The van der Waals surface area contributed by atoms with Crippen LogP contribution in [0.5, 0.6) is 0 Å². The third-order valence-electron chi connectivity index (χ3n) is 9.63. The molecule has 0 aliphatic heterocycles. The first-order valence-electron chi connectivity index (χ1n) is 13.2. The van der Waals surface area contributed by atoms with Crippen molar-refractivity contribution in [3.63, 3.8) is 0 Å². The van der Waals surface area contributed by atoms with Crippen LogP contribution >= 0.6 is 0 Å². The van der Waals surface area contributed by atoms with Gasteiger partial charge in [-0.1, -0.05) is 72.0 Å². The van der Waals surface area contributed by atoms with Gasteiger partial charge in [-0.2, -0.15) is 0 Å². The molecule has 0 saturated heterocycles. The maximum atomic E-state index is 9.24. The van der Waals surface area contributed by atoms with Crippen LogP contribution in [0.15, 0.2) is 11.6 Å². The molecule has 0 radical (unpaired) electrons. The van der Waals surface area contributed by atoms with Crippen LogP contribution in [0.2, 0.25) is 36.3 Å². The summed E-state index contributed by atoms with van der Waals surface area (Å²) in [6.45, 7) is 26.1. The van der Waals surface area contributed by atoms with Gasteiger partial charge in [0.25, 0.3) is 0 Å². The van der Waals surface area contributed by atoms with Gasteiger partial charge < -0.3 is 14.0 Å². The van der Waals surface area contributed by atoms with E-state index in [1.54, 1.807) is 5.57 Å². The first kappa shape index (κ1) is 27.2. The fourth-order valence-electron chi connectivity index (χ4n) is 5.52. The van der Waals surface area contributed by atoms with Crippen LogP contribution in [-0.4, -0.2) is 40.1 Å². The highest BCUT2D eigenvalue weighted by molar-refractivity contribution is 6.74. The van der Waals surface area contributed by atoms with Gasteiger partial charge in [-0.3, -0.25) is 0 Å². The quantitative estimate of drug-likeness (QED) is 0.170. The van der Waals surface area contributed by atoms with Crippen molar-refractivity contribution in [2.45, 2.75) is 122 Å². The number of rotatable bonds is 8. The topological polar surface area (TPSA) is 38.7 Å².